The van der Waals surface area contributed by atoms with E-state index >= 15 is 0 Å². The first-order valence-electron chi connectivity index (χ1n) is 11.4. The molecule has 36 heavy (non-hydrogen) atoms. The molecule has 0 aliphatic rings. The third-order valence-corrected chi connectivity index (χ3v) is 4.82. The van der Waals surface area contributed by atoms with Crippen LogP contribution in [0.15, 0.2) is 60.7 Å². The van der Waals surface area contributed by atoms with Gasteiger partial charge in [-0.1, -0.05) is 60.7 Å². The number of ether oxygens (including phenoxy) is 1. The minimum Gasteiger partial charge on any atom is -0.481 e. The first-order chi connectivity index (χ1) is 16.9. The third kappa shape index (κ3) is 9.96. The second-order valence-corrected chi connectivity index (χ2v) is 9.05. The largest absolute Gasteiger partial charge is 0.481 e. The highest BCUT2D eigenvalue weighted by atomic mass is 16.6. The van der Waals surface area contributed by atoms with E-state index in [0.717, 1.165) is 5.56 Å². The number of carbonyl (C=O) groups is 5. The van der Waals surface area contributed by atoms with Crippen LogP contribution in [0.5, 0.6) is 0 Å². The molecular weight excluding hydrogens is 466 g/mol. The minimum absolute atomic E-state index is 0.0736. The highest BCUT2D eigenvalue weighted by Crippen LogP contribution is 2.09. The van der Waals surface area contributed by atoms with Crippen molar-refractivity contribution < 1.29 is 33.8 Å². The van der Waals surface area contributed by atoms with E-state index < -0.39 is 48.0 Å². The smallest absolute Gasteiger partial charge is 0.408 e. The number of hydrogen-bond acceptors (Lipinski definition) is 6. The third-order valence-electron chi connectivity index (χ3n) is 4.82. The number of hydrogen-bond donors (Lipinski definition) is 4. The average molecular weight is 498 g/mol. The molecule has 0 saturated heterocycles. The Morgan fingerprint density at radius 1 is 0.833 bits per heavy atom. The van der Waals surface area contributed by atoms with Crippen molar-refractivity contribution in [3.63, 3.8) is 0 Å². The highest BCUT2D eigenvalue weighted by Gasteiger charge is 2.30. The topological polar surface area (TPSA) is 151 Å². The fourth-order valence-electron chi connectivity index (χ4n) is 3.18. The van der Waals surface area contributed by atoms with Crippen molar-refractivity contribution in [3.05, 3.63) is 71.8 Å². The van der Waals surface area contributed by atoms with Crippen LogP contribution in [0.3, 0.4) is 0 Å². The molecule has 0 aliphatic carbocycles. The molecule has 0 aromatic heterocycles. The summed E-state index contributed by atoms with van der Waals surface area (Å²) in [5.41, 5.74) is 0.279. The number of nitrogens with one attached hydrogen (secondary N) is 3. The molecule has 192 valence electrons. The number of alkyl carbamates (subject to hydrolysis) is 1. The number of ketones is 1. The molecule has 2 aromatic carbocycles. The number of rotatable bonds is 11. The summed E-state index contributed by atoms with van der Waals surface area (Å²) in [5.74, 6) is -3.16. The van der Waals surface area contributed by atoms with Gasteiger partial charge < -0.3 is 25.8 Å². The van der Waals surface area contributed by atoms with E-state index in [1.54, 1.807) is 81.4 Å². The van der Waals surface area contributed by atoms with Gasteiger partial charge in [0.25, 0.3) is 0 Å². The normalized spacial score (nSPS) is 12.5. The minimum atomic E-state index is -1.49. The first kappa shape index (κ1) is 28.0. The number of aliphatic carboxylic acids is 1. The van der Waals surface area contributed by atoms with Crippen molar-refractivity contribution in [1.82, 2.24) is 16.0 Å². The molecule has 0 aliphatic heterocycles. The molecule has 0 saturated carbocycles. The molecule has 2 atom stereocenters. The van der Waals surface area contributed by atoms with Crippen molar-refractivity contribution >= 4 is 29.7 Å². The molecule has 2 rings (SSSR count). The number of carboxylic acid groups (broad SMARTS) is 1. The van der Waals surface area contributed by atoms with E-state index in [9.17, 15) is 29.1 Å². The van der Waals surface area contributed by atoms with Crippen LogP contribution in [0.2, 0.25) is 0 Å². The summed E-state index contributed by atoms with van der Waals surface area (Å²) in [6, 6.07) is 14.6. The van der Waals surface area contributed by atoms with Crippen LogP contribution >= 0.6 is 0 Å². The molecule has 0 heterocycles. The van der Waals surface area contributed by atoms with Crippen LogP contribution in [-0.2, 0) is 25.5 Å². The van der Waals surface area contributed by atoms with E-state index in [4.69, 9.17) is 4.74 Å². The number of amides is 3. The lowest BCUT2D eigenvalue weighted by atomic mass is 10.0. The van der Waals surface area contributed by atoms with E-state index in [1.807, 2.05) is 0 Å². The lowest BCUT2D eigenvalue weighted by Gasteiger charge is -2.24. The molecule has 10 nitrogen and oxygen atoms in total. The van der Waals surface area contributed by atoms with Crippen LogP contribution < -0.4 is 16.0 Å². The van der Waals surface area contributed by atoms with Gasteiger partial charge in [0.2, 0.25) is 11.8 Å². The molecule has 0 spiro atoms. The number of carboxylic acids is 1. The zero-order chi connectivity index (χ0) is 26.7. The van der Waals surface area contributed by atoms with E-state index in [-0.39, 0.29) is 18.7 Å². The molecule has 0 bridgehead atoms. The van der Waals surface area contributed by atoms with Gasteiger partial charge >= 0.3 is 12.1 Å². The highest BCUT2D eigenvalue weighted by molar-refractivity contribution is 6.00. The van der Waals surface area contributed by atoms with Gasteiger partial charge in [-0.3, -0.25) is 19.2 Å². The molecule has 0 radical (unpaired) electrons. The van der Waals surface area contributed by atoms with E-state index in [2.05, 4.69) is 16.0 Å². The maximum atomic E-state index is 13.0. The number of Topliss-reactive ketones (excluding diaryl/α,β-unsaturated/α-hetero) is 1. The van der Waals surface area contributed by atoms with Gasteiger partial charge in [0, 0.05) is 12.0 Å². The Labute approximate surface area is 209 Å². The molecule has 10 heteroatoms. The quantitative estimate of drug-likeness (QED) is 0.347. The summed E-state index contributed by atoms with van der Waals surface area (Å²) in [6.07, 6.45) is -1.62. The Morgan fingerprint density at radius 3 is 1.97 bits per heavy atom. The van der Waals surface area contributed by atoms with Crippen LogP contribution in [0.4, 0.5) is 4.79 Å². The Morgan fingerprint density at radius 2 is 1.42 bits per heavy atom. The first-order valence-corrected chi connectivity index (χ1v) is 11.4. The van der Waals surface area contributed by atoms with Crippen LogP contribution in [-0.4, -0.2) is 59.0 Å². The van der Waals surface area contributed by atoms with E-state index in [1.165, 1.54) is 0 Å². The predicted molar refractivity (Wildman–Crippen MR) is 131 cm³/mol. The summed E-state index contributed by atoms with van der Waals surface area (Å²) >= 11 is 0. The summed E-state index contributed by atoms with van der Waals surface area (Å²) in [5, 5.41) is 16.5. The summed E-state index contributed by atoms with van der Waals surface area (Å²) in [6.45, 7) is 4.57. The molecule has 3 amide bonds. The Balaban J connectivity index is 2.15. The van der Waals surface area contributed by atoms with Crippen molar-refractivity contribution in [2.75, 3.05) is 6.54 Å². The van der Waals surface area contributed by atoms with Crippen molar-refractivity contribution in [1.29, 1.82) is 0 Å². The lowest BCUT2D eigenvalue weighted by molar-refractivity contribution is -0.140. The van der Waals surface area contributed by atoms with Gasteiger partial charge in [-0.2, -0.15) is 0 Å². The summed E-state index contributed by atoms with van der Waals surface area (Å²) < 4.78 is 5.12. The Hall–Kier alpha value is -4.21. The zero-order valence-electron chi connectivity index (χ0n) is 20.4. The monoisotopic (exact) mass is 497 g/mol. The number of benzene rings is 2. The maximum Gasteiger partial charge on any atom is 0.408 e. The predicted octanol–water partition coefficient (Wildman–Crippen LogP) is 2.08. The molecule has 4 N–H and O–H groups in total. The second kappa shape index (κ2) is 13.0. The molecular formula is C26H31N3O7. The Bertz CT molecular complexity index is 1070. The van der Waals surface area contributed by atoms with Gasteiger partial charge in [0.15, 0.2) is 5.78 Å². The van der Waals surface area contributed by atoms with Crippen LogP contribution in [0.1, 0.15) is 43.1 Å². The van der Waals surface area contributed by atoms with E-state index in [0.29, 0.717) is 5.56 Å². The Kier molecular flexibility index (Phi) is 10.1. The maximum absolute atomic E-state index is 13.0. The van der Waals surface area contributed by atoms with Gasteiger partial charge in [0.1, 0.15) is 17.7 Å². The van der Waals surface area contributed by atoms with Crippen molar-refractivity contribution in [2.24, 2.45) is 0 Å². The molecule has 0 unspecified atom stereocenters. The summed E-state index contributed by atoms with van der Waals surface area (Å²) in [7, 11) is 0. The van der Waals surface area contributed by atoms with Gasteiger partial charge in [-0.15, -0.1) is 0 Å². The van der Waals surface area contributed by atoms with Gasteiger partial charge in [-0.05, 0) is 26.3 Å². The summed E-state index contributed by atoms with van der Waals surface area (Å²) in [4.78, 5) is 61.8. The fourth-order valence-corrected chi connectivity index (χ4v) is 3.18. The lowest BCUT2D eigenvalue weighted by Crippen LogP contribution is -2.55. The van der Waals surface area contributed by atoms with Gasteiger partial charge in [-0.25, -0.2) is 4.79 Å². The second-order valence-electron chi connectivity index (χ2n) is 9.05. The number of carbonyl (C=O) groups excluding carboxylic acids is 4. The fraction of sp³-hybridized carbons (Fsp3) is 0.346. The zero-order valence-corrected chi connectivity index (χ0v) is 20.4. The molecule has 0 fully saturated rings. The van der Waals surface area contributed by atoms with Gasteiger partial charge in [0.05, 0.1) is 13.0 Å². The van der Waals surface area contributed by atoms with Crippen LogP contribution in [0, 0.1) is 0 Å². The molecule has 2 aromatic rings. The van der Waals surface area contributed by atoms with Crippen molar-refractivity contribution in [2.45, 2.75) is 51.3 Å². The van der Waals surface area contributed by atoms with Crippen LogP contribution in [0.25, 0.3) is 0 Å². The SMILES string of the molecule is CC(C)(C)OC(=O)N[C@@H](CC(=O)O)C(=O)N[C@@H](Cc1ccccc1)C(=O)NCC(=O)c1ccccc1. The standard InChI is InChI=1S/C26H31N3O7/c1-26(2,3)36-25(35)29-20(15-22(31)32)24(34)28-19(14-17-10-6-4-7-11-17)23(33)27-16-21(30)18-12-8-5-9-13-18/h4-13,19-20H,14-16H2,1-3H3,(H,27,33)(H,28,34)(H,29,35)(H,31,32)/t19-,20-/m0/s1. The average Bonchev–Trinajstić information content (AvgIpc) is 2.81. The van der Waals surface area contributed by atoms with Crippen molar-refractivity contribution in [3.8, 4) is 0 Å².